The highest BCUT2D eigenvalue weighted by Crippen LogP contribution is 2.13. The van der Waals surface area contributed by atoms with Gasteiger partial charge in [-0.15, -0.1) is 4.72 Å². The molecule has 0 aromatic rings. The maximum atomic E-state index is 10.9. The average molecular weight is 178 g/mol. The van der Waals surface area contributed by atoms with E-state index in [-0.39, 0.29) is 0 Å². The third-order valence-corrected chi connectivity index (χ3v) is 1.39. The SMILES string of the molecule is CC(C)(C)C(=O)[N]S(C)(=O)=O. The van der Waals surface area contributed by atoms with Crippen molar-refractivity contribution >= 4 is 15.9 Å². The molecule has 0 bridgehead atoms. The van der Waals surface area contributed by atoms with E-state index < -0.39 is 21.3 Å². The van der Waals surface area contributed by atoms with Crippen LogP contribution in [0.3, 0.4) is 0 Å². The summed E-state index contributed by atoms with van der Waals surface area (Å²) < 4.78 is 24.0. The van der Waals surface area contributed by atoms with E-state index in [0.29, 0.717) is 0 Å². The zero-order chi connectivity index (χ0) is 9.28. The third kappa shape index (κ3) is 4.78. The number of hydrogen-bond donors (Lipinski definition) is 0. The Balaban J connectivity index is 4.35. The quantitative estimate of drug-likeness (QED) is 0.573. The fraction of sp³-hybridized carbons (Fsp3) is 0.833. The van der Waals surface area contributed by atoms with E-state index in [4.69, 9.17) is 0 Å². The molecule has 0 spiro atoms. The second-order valence-electron chi connectivity index (χ2n) is 3.38. The first-order chi connectivity index (χ1) is 4.63. The zero-order valence-electron chi connectivity index (χ0n) is 7.08. The summed E-state index contributed by atoms with van der Waals surface area (Å²) >= 11 is 0. The first-order valence-electron chi connectivity index (χ1n) is 3.10. The highest BCUT2D eigenvalue weighted by Gasteiger charge is 2.25. The number of amides is 1. The van der Waals surface area contributed by atoms with Gasteiger partial charge in [-0.1, -0.05) is 20.8 Å². The molecule has 65 valence electrons. The summed E-state index contributed by atoms with van der Waals surface area (Å²) in [6.45, 7) is 4.85. The van der Waals surface area contributed by atoms with Crippen LogP contribution in [0.5, 0.6) is 0 Å². The topological polar surface area (TPSA) is 65.3 Å². The molecule has 0 aromatic heterocycles. The molecule has 0 saturated heterocycles. The van der Waals surface area contributed by atoms with Crippen LogP contribution in [0.2, 0.25) is 0 Å². The van der Waals surface area contributed by atoms with E-state index in [9.17, 15) is 13.2 Å². The molecule has 0 aliphatic heterocycles. The minimum atomic E-state index is -3.53. The molecule has 0 saturated carbocycles. The first kappa shape index (κ1) is 10.4. The molecule has 1 amide bonds. The van der Waals surface area contributed by atoms with E-state index in [1.54, 1.807) is 20.8 Å². The lowest BCUT2D eigenvalue weighted by atomic mass is 9.96. The summed E-state index contributed by atoms with van der Waals surface area (Å²) in [5.41, 5.74) is -0.719. The Morgan fingerprint density at radius 2 is 1.64 bits per heavy atom. The maximum absolute atomic E-state index is 10.9. The van der Waals surface area contributed by atoms with Gasteiger partial charge in [0, 0.05) is 5.41 Å². The largest absolute Gasteiger partial charge is 0.271 e. The molecule has 0 atom stereocenters. The molecule has 0 aliphatic carbocycles. The molecule has 11 heavy (non-hydrogen) atoms. The van der Waals surface area contributed by atoms with Crippen LogP contribution in [0.1, 0.15) is 20.8 Å². The highest BCUT2D eigenvalue weighted by molar-refractivity contribution is 7.89. The molecule has 0 aliphatic rings. The summed E-state index contributed by atoms with van der Waals surface area (Å²) in [5, 5.41) is 0. The minimum Gasteiger partial charge on any atom is -0.271 e. The van der Waals surface area contributed by atoms with Gasteiger partial charge in [-0.2, -0.15) is 0 Å². The van der Waals surface area contributed by atoms with E-state index in [1.807, 2.05) is 0 Å². The molecule has 1 radical (unpaired) electrons. The van der Waals surface area contributed by atoms with Gasteiger partial charge >= 0.3 is 0 Å². The van der Waals surface area contributed by atoms with E-state index in [0.717, 1.165) is 6.26 Å². The maximum Gasteiger partial charge on any atom is 0.261 e. The Morgan fingerprint density at radius 1 is 1.27 bits per heavy atom. The fourth-order valence-electron chi connectivity index (χ4n) is 0.288. The number of hydrogen-bond acceptors (Lipinski definition) is 3. The summed E-state index contributed by atoms with van der Waals surface area (Å²) in [5.74, 6) is -0.611. The Labute approximate surface area is 67.0 Å². The molecular formula is C6H12NO3S. The molecular weight excluding hydrogens is 166 g/mol. The van der Waals surface area contributed by atoms with Crippen LogP contribution in [0, 0.1) is 5.41 Å². The zero-order valence-corrected chi connectivity index (χ0v) is 7.90. The van der Waals surface area contributed by atoms with Gasteiger partial charge in [0.2, 0.25) is 0 Å². The van der Waals surface area contributed by atoms with Crippen LogP contribution in [0.25, 0.3) is 0 Å². The lowest BCUT2D eigenvalue weighted by molar-refractivity contribution is -0.126. The van der Waals surface area contributed by atoms with Gasteiger partial charge in [0.05, 0.1) is 6.26 Å². The molecule has 4 nitrogen and oxygen atoms in total. The molecule has 0 unspecified atom stereocenters. The van der Waals surface area contributed by atoms with Crippen LogP contribution >= 0.6 is 0 Å². The number of carbonyl (C=O) groups is 1. The molecule has 0 rings (SSSR count). The Morgan fingerprint density at radius 3 is 1.73 bits per heavy atom. The Hall–Kier alpha value is -0.580. The molecule has 0 N–H and O–H groups in total. The average Bonchev–Trinajstić information content (AvgIpc) is 1.56. The second kappa shape index (κ2) is 2.81. The van der Waals surface area contributed by atoms with Crippen molar-refractivity contribution in [2.75, 3.05) is 6.26 Å². The Kier molecular flexibility index (Phi) is 2.66. The van der Waals surface area contributed by atoms with E-state index in [2.05, 4.69) is 4.72 Å². The van der Waals surface area contributed by atoms with Crippen LogP contribution in [-0.4, -0.2) is 20.6 Å². The van der Waals surface area contributed by atoms with Crippen LogP contribution in [0.4, 0.5) is 0 Å². The van der Waals surface area contributed by atoms with Gasteiger partial charge in [0.25, 0.3) is 15.9 Å². The molecule has 5 heteroatoms. The van der Waals surface area contributed by atoms with Crippen molar-refractivity contribution in [3.8, 4) is 0 Å². The number of nitrogens with zero attached hydrogens (tertiary/aromatic N) is 1. The van der Waals surface area contributed by atoms with Crippen LogP contribution in [0.15, 0.2) is 0 Å². The van der Waals surface area contributed by atoms with Crippen molar-refractivity contribution in [2.45, 2.75) is 20.8 Å². The summed E-state index contributed by atoms with van der Waals surface area (Å²) in [7, 11) is -3.53. The standard InChI is InChI=1S/C6H12NO3S/c1-6(2,3)5(8)7-11(4,9)10/h1-4H3. The normalized spacial score (nSPS) is 12.7. The molecule has 0 heterocycles. The van der Waals surface area contributed by atoms with E-state index in [1.165, 1.54) is 0 Å². The van der Waals surface area contributed by atoms with Crippen molar-refractivity contribution in [1.82, 2.24) is 4.72 Å². The lowest BCUT2D eigenvalue weighted by Gasteiger charge is -2.13. The first-order valence-corrected chi connectivity index (χ1v) is 4.95. The van der Waals surface area contributed by atoms with Gasteiger partial charge in [0.15, 0.2) is 0 Å². The van der Waals surface area contributed by atoms with Crippen molar-refractivity contribution in [3.05, 3.63) is 0 Å². The van der Waals surface area contributed by atoms with Crippen molar-refractivity contribution < 1.29 is 13.2 Å². The summed E-state index contributed by atoms with van der Waals surface area (Å²) in [4.78, 5) is 10.9. The van der Waals surface area contributed by atoms with Gasteiger partial charge < -0.3 is 0 Å². The van der Waals surface area contributed by atoms with Gasteiger partial charge in [-0.3, -0.25) is 4.79 Å². The third-order valence-electron chi connectivity index (χ3n) is 0.890. The van der Waals surface area contributed by atoms with Crippen molar-refractivity contribution in [3.63, 3.8) is 0 Å². The molecule has 0 fully saturated rings. The monoisotopic (exact) mass is 178 g/mol. The fourth-order valence-corrected chi connectivity index (χ4v) is 0.863. The second-order valence-corrected chi connectivity index (χ2v) is 5.03. The van der Waals surface area contributed by atoms with Gasteiger partial charge in [0.1, 0.15) is 0 Å². The van der Waals surface area contributed by atoms with Crippen molar-refractivity contribution in [1.29, 1.82) is 0 Å². The van der Waals surface area contributed by atoms with Gasteiger partial charge in [-0.25, -0.2) is 8.42 Å². The lowest BCUT2D eigenvalue weighted by Crippen LogP contribution is -2.32. The molecule has 0 aromatic carbocycles. The summed E-state index contributed by atoms with van der Waals surface area (Å²) in [6.07, 6.45) is 0.899. The smallest absolute Gasteiger partial charge is 0.261 e. The predicted molar refractivity (Wildman–Crippen MR) is 41.4 cm³/mol. The highest BCUT2D eigenvalue weighted by atomic mass is 32.2. The van der Waals surface area contributed by atoms with Crippen LogP contribution in [-0.2, 0) is 14.8 Å². The Bertz CT molecular complexity index is 247. The van der Waals surface area contributed by atoms with Gasteiger partial charge in [-0.05, 0) is 0 Å². The number of carbonyl (C=O) groups excluding carboxylic acids is 1. The predicted octanol–water partition coefficient (Wildman–Crippen LogP) is 0.123. The number of sulfonamides is 1. The minimum absolute atomic E-state index is 0.611. The van der Waals surface area contributed by atoms with Crippen molar-refractivity contribution in [2.24, 2.45) is 5.41 Å². The number of rotatable bonds is 1. The summed E-state index contributed by atoms with van der Waals surface area (Å²) in [6, 6.07) is 0. The van der Waals surface area contributed by atoms with E-state index >= 15 is 0 Å². The van der Waals surface area contributed by atoms with Crippen LogP contribution < -0.4 is 4.72 Å².